The number of benzene rings is 4. The molecule has 11 heteroatoms. The first-order valence-electron chi connectivity index (χ1n) is 17.6. The Morgan fingerprint density at radius 1 is 0.750 bits per heavy atom. The van der Waals surface area contributed by atoms with Gasteiger partial charge in [-0.2, -0.15) is 0 Å². The van der Waals surface area contributed by atoms with Crippen molar-refractivity contribution < 1.29 is 33.8 Å². The monoisotopic (exact) mass is 721 g/mol. The molecule has 52 heavy (non-hydrogen) atoms. The van der Waals surface area contributed by atoms with Gasteiger partial charge in [0.2, 0.25) is 11.8 Å². The number of rotatable bonds is 16. The lowest BCUT2D eigenvalue weighted by Crippen LogP contribution is -2.31. The van der Waals surface area contributed by atoms with E-state index in [9.17, 15) is 14.7 Å². The van der Waals surface area contributed by atoms with Crippen LogP contribution < -0.4 is 10.8 Å². The molecule has 1 saturated heterocycles. The van der Waals surface area contributed by atoms with Gasteiger partial charge in [-0.15, -0.1) is 0 Å². The first-order valence-corrected chi connectivity index (χ1v) is 18.6. The summed E-state index contributed by atoms with van der Waals surface area (Å²) in [5, 5.41) is 21.7. The van der Waals surface area contributed by atoms with Crippen LogP contribution in [0.25, 0.3) is 22.6 Å². The lowest BCUT2D eigenvalue weighted by Gasteiger charge is -2.36. The van der Waals surface area contributed by atoms with Crippen molar-refractivity contribution in [1.29, 1.82) is 0 Å². The topological polar surface area (TPSA) is 143 Å². The summed E-state index contributed by atoms with van der Waals surface area (Å²) in [5.74, 6) is 0.829. The highest BCUT2D eigenvalue weighted by atomic mass is 32.2. The van der Waals surface area contributed by atoms with Crippen LogP contribution in [0.1, 0.15) is 74.0 Å². The average molecular weight is 722 g/mol. The Labute approximate surface area is 307 Å². The molecule has 0 spiro atoms. The van der Waals surface area contributed by atoms with Crippen LogP contribution in [0.15, 0.2) is 119 Å². The maximum Gasteiger partial charge on any atom is 0.256 e. The van der Waals surface area contributed by atoms with E-state index in [2.05, 4.69) is 5.32 Å². The maximum atomic E-state index is 12.6. The summed E-state index contributed by atoms with van der Waals surface area (Å²) < 4.78 is 19.4. The minimum atomic E-state index is -0.649. The number of hydroxylamine groups is 1. The largest absolute Gasteiger partial charge is 0.431 e. The highest BCUT2D eigenvalue weighted by Crippen LogP contribution is 2.41. The fourth-order valence-corrected chi connectivity index (χ4v) is 6.89. The van der Waals surface area contributed by atoms with Crippen molar-refractivity contribution in [3.05, 3.63) is 126 Å². The molecule has 1 fully saturated rings. The molecule has 0 aliphatic carbocycles. The molecule has 2 amide bonds. The summed E-state index contributed by atoms with van der Waals surface area (Å²) in [6.07, 6.45) is 3.17. The van der Waals surface area contributed by atoms with Crippen molar-refractivity contribution in [3.8, 4) is 22.6 Å². The van der Waals surface area contributed by atoms with Crippen molar-refractivity contribution >= 4 is 29.3 Å². The fraction of sp³-hybridized carbons (Fsp3) is 0.293. The number of hydrogen-bond donors (Lipinski definition) is 4. The van der Waals surface area contributed by atoms with Crippen LogP contribution >= 0.6 is 11.8 Å². The number of aromatic nitrogens is 1. The van der Waals surface area contributed by atoms with E-state index < -0.39 is 12.2 Å². The number of oxazole rings is 1. The number of carbonyl (C=O) groups is 2. The molecule has 6 rings (SSSR count). The number of amides is 2. The van der Waals surface area contributed by atoms with Gasteiger partial charge in [0.15, 0.2) is 12.1 Å². The zero-order valence-electron chi connectivity index (χ0n) is 28.8. The summed E-state index contributed by atoms with van der Waals surface area (Å²) in [6.45, 7) is -0.0305. The first kappa shape index (κ1) is 37.0. The molecule has 2 heterocycles. The number of carbonyl (C=O) groups excluding carboxylic acids is 2. The van der Waals surface area contributed by atoms with Crippen LogP contribution in [-0.4, -0.2) is 39.0 Å². The summed E-state index contributed by atoms with van der Waals surface area (Å²) in [6, 6.07) is 35.3. The Bertz CT molecular complexity index is 1810. The van der Waals surface area contributed by atoms with Gasteiger partial charge in [0.05, 0.1) is 18.8 Å². The Morgan fingerprint density at radius 2 is 1.38 bits per heavy atom. The van der Waals surface area contributed by atoms with Crippen LogP contribution in [0.3, 0.4) is 0 Å². The van der Waals surface area contributed by atoms with Crippen LogP contribution in [0, 0.1) is 0 Å². The van der Waals surface area contributed by atoms with E-state index in [0.29, 0.717) is 42.3 Å². The third kappa shape index (κ3) is 10.2. The quantitative estimate of drug-likeness (QED) is 0.0341. The zero-order chi connectivity index (χ0) is 36.1. The maximum absolute atomic E-state index is 12.6. The second-order valence-electron chi connectivity index (χ2n) is 12.7. The van der Waals surface area contributed by atoms with Gasteiger partial charge in [0.25, 0.3) is 5.22 Å². The molecule has 4 N–H and O–H groups in total. The molecular formula is C41H43N3O7S. The molecule has 1 aliphatic rings. The van der Waals surface area contributed by atoms with Gasteiger partial charge in [-0.3, -0.25) is 14.8 Å². The number of ether oxygens (including phenoxy) is 2. The van der Waals surface area contributed by atoms with E-state index in [1.165, 1.54) is 11.8 Å². The number of anilines is 1. The Hall–Kier alpha value is -4.78. The van der Waals surface area contributed by atoms with Gasteiger partial charge in [-0.05, 0) is 36.1 Å². The molecule has 3 atom stereocenters. The van der Waals surface area contributed by atoms with Crippen molar-refractivity contribution in [2.45, 2.75) is 75.3 Å². The third-order valence-electron chi connectivity index (χ3n) is 8.85. The number of nitrogens with zero attached hydrogens (tertiary/aromatic N) is 1. The smallest absolute Gasteiger partial charge is 0.256 e. The Balaban J connectivity index is 1.12. The van der Waals surface area contributed by atoms with Crippen LogP contribution in [0.2, 0.25) is 0 Å². The molecule has 0 saturated carbocycles. The zero-order valence-corrected chi connectivity index (χ0v) is 29.6. The van der Waals surface area contributed by atoms with Crippen molar-refractivity contribution in [2.75, 3.05) is 11.1 Å². The fourth-order valence-electron chi connectivity index (χ4n) is 6.05. The lowest BCUT2D eigenvalue weighted by atomic mass is 10.0. The predicted octanol–water partition coefficient (Wildman–Crippen LogP) is 8.62. The summed E-state index contributed by atoms with van der Waals surface area (Å²) in [7, 11) is 0. The third-order valence-corrected chi connectivity index (χ3v) is 9.81. The summed E-state index contributed by atoms with van der Waals surface area (Å²) in [5.41, 5.74) is 7.69. The Morgan fingerprint density at radius 3 is 2.04 bits per heavy atom. The lowest BCUT2D eigenvalue weighted by molar-refractivity contribution is -0.245. The van der Waals surface area contributed by atoms with Gasteiger partial charge < -0.3 is 24.3 Å². The van der Waals surface area contributed by atoms with Gasteiger partial charge >= 0.3 is 0 Å². The number of thioether (sulfide) groups is 1. The second kappa shape index (κ2) is 18.6. The second-order valence-corrected chi connectivity index (χ2v) is 13.6. The Kier molecular flexibility index (Phi) is 13.3. The van der Waals surface area contributed by atoms with Gasteiger partial charge in [0.1, 0.15) is 5.69 Å². The molecule has 0 unspecified atom stereocenters. The minimum Gasteiger partial charge on any atom is -0.431 e. The SMILES string of the molecule is O=C(CCCCCCC(=O)Nc1ccc([C@@H]2O[C@@H](CSc3nc(-c4ccccc4)c(-c4ccccc4)o3)C[C@@H](c3ccc(CO)cc3)O2)cc1)NO. The van der Waals surface area contributed by atoms with E-state index in [1.807, 2.05) is 109 Å². The number of aliphatic hydroxyl groups is 1. The average Bonchev–Trinajstić information content (AvgIpc) is 3.63. The van der Waals surface area contributed by atoms with Crippen molar-refractivity contribution in [2.24, 2.45) is 0 Å². The van der Waals surface area contributed by atoms with E-state index in [1.54, 1.807) is 5.48 Å². The van der Waals surface area contributed by atoms with Crippen LogP contribution in [-0.2, 0) is 25.7 Å². The summed E-state index contributed by atoms with van der Waals surface area (Å²) in [4.78, 5) is 28.6. The molecule has 0 bridgehead atoms. The number of unbranched alkanes of at least 4 members (excludes halogenated alkanes) is 3. The molecule has 10 nitrogen and oxygen atoms in total. The van der Waals surface area contributed by atoms with Crippen LogP contribution in [0.5, 0.6) is 0 Å². The molecule has 0 radical (unpaired) electrons. The predicted molar refractivity (Wildman–Crippen MR) is 199 cm³/mol. The number of aliphatic hydroxyl groups excluding tert-OH is 1. The van der Waals surface area contributed by atoms with Crippen molar-refractivity contribution in [3.63, 3.8) is 0 Å². The molecule has 4 aromatic carbocycles. The van der Waals surface area contributed by atoms with Gasteiger partial charge in [-0.1, -0.05) is 122 Å². The van der Waals surface area contributed by atoms with E-state index in [4.69, 9.17) is 24.1 Å². The van der Waals surface area contributed by atoms with Gasteiger partial charge in [-0.25, -0.2) is 10.5 Å². The van der Waals surface area contributed by atoms with Crippen LogP contribution in [0.4, 0.5) is 5.69 Å². The standard InChI is InChI=1S/C41H43N3O7S/c45-26-28-17-19-29(20-18-28)35-25-34(27-52-41-43-38(30-11-5-3-6-12-30)39(51-41)31-13-7-4-8-14-31)49-40(50-35)32-21-23-33(24-22-32)42-36(46)15-9-1-2-10-16-37(47)44-48/h3-8,11-14,17-24,34-35,40,45,48H,1-2,9-10,15-16,25-27H2,(H,42,46)(H,44,47)/t34-,35+,40-/m1/s1. The number of hydrogen-bond acceptors (Lipinski definition) is 9. The van der Waals surface area contributed by atoms with E-state index in [-0.39, 0.29) is 31.1 Å². The summed E-state index contributed by atoms with van der Waals surface area (Å²) >= 11 is 1.51. The highest BCUT2D eigenvalue weighted by molar-refractivity contribution is 7.99. The first-order chi connectivity index (χ1) is 25.5. The number of nitrogens with one attached hydrogen (secondary N) is 2. The highest BCUT2D eigenvalue weighted by Gasteiger charge is 2.33. The molecule has 270 valence electrons. The van der Waals surface area contributed by atoms with Crippen molar-refractivity contribution in [1.82, 2.24) is 10.5 Å². The van der Waals surface area contributed by atoms with E-state index >= 15 is 0 Å². The molecule has 5 aromatic rings. The molecular weight excluding hydrogens is 679 g/mol. The normalized spacial score (nSPS) is 17.1. The van der Waals surface area contributed by atoms with Gasteiger partial charge in [0, 0.05) is 47.4 Å². The van der Waals surface area contributed by atoms with E-state index in [0.717, 1.165) is 52.1 Å². The minimum absolute atomic E-state index is 0.0305. The molecule has 1 aliphatic heterocycles. The molecule has 1 aromatic heterocycles.